The van der Waals surface area contributed by atoms with Gasteiger partial charge in [-0.05, 0) is 24.3 Å². The molecule has 0 amide bonds. The number of aromatic nitrogens is 5. The standard InChI is InChI=1S/C19H17N5OS/c1-13-6-8-14(9-7-13)19-20-16(12-26-19)11-24-22-18(21-23-24)15-4-3-5-17(10-15)25-2/h3-10,12H,11H2,1-2H3. The molecular weight excluding hydrogens is 346 g/mol. The molecular formula is C19H17N5OS. The van der Waals surface area contributed by atoms with Gasteiger partial charge in [0.05, 0.1) is 12.8 Å². The van der Waals surface area contributed by atoms with Gasteiger partial charge in [0.15, 0.2) is 0 Å². The first kappa shape index (κ1) is 16.4. The third kappa shape index (κ3) is 3.48. The molecule has 0 aliphatic heterocycles. The quantitative estimate of drug-likeness (QED) is 0.539. The van der Waals surface area contributed by atoms with Gasteiger partial charge < -0.3 is 4.74 Å². The summed E-state index contributed by atoms with van der Waals surface area (Å²) in [5.41, 5.74) is 4.15. The fraction of sp³-hybridized carbons (Fsp3) is 0.158. The smallest absolute Gasteiger partial charge is 0.205 e. The Hall–Kier alpha value is -3.06. The van der Waals surface area contributed by atoms with Gasteiger partial charge in [-0.1, -0.05) is 42.0 Å². The van der Waals surface area contributed by atoms with Crippen molar-refractivity contribution in [2.75, 3.05) is 7.11 Å². The van der Waals surface area contributed by atoms with Crippen molar-refractivity contribution in [2.45, 2.75) is 13.5 Å². The number of ether oxygens (including phenoxy) is 1. The van der Waals surface area contributed by atoms with E-state index in [1.165, 1.54) is 5.56 Å². The molecule has 0 aliphatic carbocycles. The monoisotopic (exact) mass is 363 g/mol. The van der Waals surface area contributed by atoms with E-state index in [2.05, 4.69) is 51.6 Å². The lowest BCUT2D eigenvalue weighted by atomic mass is 10.2. The molecule has 2 heterocycles. The minimum atomic E-state index is 0.485. The van der Waals surface area contributed by atoms with E-state index in [-0.39, 0.29) is 0 Å². The second-order valence-corrected chi connectivity index (χ2v) is 6.74. The van der Waals surface area contributed by atoms with Crippen molar-refractivity contribution in [3.05, 3.63) is 65.2 Å². The maximum atomic E-state index is 5.24. The van der Waals surface area contributed by atoms with Gasteiger partial charge in [-0.2, -0.15) is 4.80 Å². The number of nitrogens with zero attached hydrogens (tertiary/aromatic N) is 5. The molecule has 4 rings (SSSR count). The zero-order chi connectivity index (χ0) is 17.9. The topological polar surface area (TPSA) is 65.7 Å². The minimum absolute atomic E-state index is 0.485. The number of hydrogen-bond acceptors (Lipinski definition) is 6. The van der Waals surface area contributed by atoms with Gasteiger partial charge in [0.25, 0.3) is 0 Å². The predicted molar refractivity (Wildman–Crippen MR) is 101 cm³/mol. The highest BCUT2D eigenvalue weighted by Gasteiger charge is 2.10. The number of hydrogen-bond donors (Lipinski definition) is 0. The summed E-state index contributed by atoms with van der Waals surface area (Å²) in [5, 5.41) is 15.7. The SMILES string of the molecule is COc1cccc(-c2nnn(Cc3csc(-c4ccc(C)cc4)n3)n2)c1. The van der Waals surface area contributed by atoms with Crippen molar-refractivity contribution in [3.8, 4) is 27.7 Å². The van der Waals surface area contributed by atoms with Gasteiger partial charge in [0.1, 0.15) is 17.3 Å². The van der Waals surface area contributed by atoms with Crippen molar-refractivity contribution in [2.24, 2.45) is 0 Å². The molecule has 2 aromatic carbocycles. The summed E-state index contributed by atoms with van der Waals surface area (Å²) >= 11 is 1.62. The third-order valence-corrected chi connectivity index (χ3v) is 4.87. The van der Waals surface area contributed by atoms with E-state index in [9.17, 15) is 0 Å². The molecule has 0 unspecified atom stereocenters. The van der Waals surface area contributed by atoms with Crippen LogP contribution in [-0.4, -0.2) is 32.3 Å². The molecule has 0 atom stereocenters. The van der Waals surface area contributed by atoms with Crippen molar-refractivity contribution in [1.29, 1.82) is 0 Å². The second kappa shape index (κ2) is 7.05. The lowest BCUT2D eigenvalue weighted by Gasteiger charge is -2.00. The highest BCUT2D eigenvalue weighted by molar-refractivity contribution is 7.13. The summed E-state index contributed by atoms with van der Waals surface area (Å²) in [4.78, 5) is 6.24. The van der Waals surface area contributed by atoms with E-state index in [4.69, 9.17) is 4.74 Å². The normalized spacial score (nSPS) is 10.8. The Morgan fingerprint density at radius 3 is 2.73 bits per heavy atom. The van der Waals surface area contributed by atoms with Gasteiger partial charge in [0.2, 0.25) is 5.82 Å². The average Bonchev–Trinajstić information content (AvgIpc) is 3.33. The van der Waals surface area contributed by atoms with Gasteiger partial charge in [-0.15, -0.1) is 21.5 Å². The van der Waals surface area contributed by atoms with Crippen molar-refractivity contribution >= 4 is 11.3 Å². The maximum Gasteiger partial charge on any atom is 0.205 e. The van der Waals surface area contributed by atoms with Crippen LogP contribution in [0.1, 0.15) is 11.3 Å². The molecule has 130 valence electrons. The molecule has 0 bridgehead atoms. The van der Waals surface area contributed by atoms with Crippen LogP contribution in [0.5, 0.6) is 5.75 Å². The van der Waals surface area contributed by atoms with E-state index in [1.54, 1.807) is 23.2 Å². The van der Waals surface area contributed by atoms with Crippen LogP contribution >= 0.6 is 11.3 Å². The molecule has 0 fully saturated rings. The minimum Gasteiger partial charge on any atom is -0.497 e. The predicted octanol–water partition coefficient (Wildman–Crippen LogP) is 3.83. The summed E-state index contributed by atoms with van der Waals surface area (Å²) < 4.78 is 5.24. The molecule has 0 saturated carbocycles. The second-order valence-electron chi connectivity index (χ2n) is 5.89. The maximum absolute atomic E-state index is 5.24. The Kier molecular flexibility index (Phi) is 4.45. The van der Waals surface area contributed by atoms with Gasteiger partial charge in [0, 0.05) is 16.5 Å². The van der Waals surface area contributed by atoms with Crippen LogP contribution in [0.4, 0.5) is 0 Å². The molecule has 0 saturated heterocycles. The first-order chi connectivity index (χ1) is 12.7. The number of benzene rings is 2. The molecule has 0 aliphatic rings. The van der Waals surface area contributed by atoms with Crippen LogP contribution in [0.15, 0.2) is 53.9 Å². The van der Waals surface area contributed by atoms with Crippen molar-refractivity contribution in [3.63, 3.8) is 0 Å². The number of methoxy groups -OCH3 is 1. The largest absolute Gasteiger partial charge is 0.497 e. The van der Waals surface area contributed by atoms with E-state index in [1.807, 2.05) is 29.6 Å². The summed E-state index contributed by atoms with van der Waals surface area (Å²) in [6.45, 7) is 2.56. The first-order valence-corrected chi connectivity index (χ1v) is 9.03. The van der Waals surface area contributed by atoms with Gasteiger partial charge >= 0.3 is 0 Å². The molecule has 0 spiro atoms. The van der Waals surface area contributed by atoms with Gasteiger partial charge in [-0.25, -0.2) is 4.98 Å². The number of aryl methyl sites for hydroxylation is 1. The fourth-order valence-electron chi connectivity index (χ4n) is 2.54. The summed E-state index contributed by atoms with van der Waals surface area (Å²) in [6, 6.07) is 16.0. The molecule has 0 radical (unpaired) electrons. The number of thiazole rings is 1. The van der Waals surface area contributed by atoms with Crippen LogP contribution in [0.25, 0.3) is 22.0 Å². The molecule has 7 heteroatoms. The lowest BCUT2D eigenvalue weighted by Crippen LogP contribution is -2.04. The van der Waals surface area contributed by atoms with E-state index < -0.39 is 0 Å². The molecule has 6 nitrogen and oxygen atoms in total. The Bertz CT molecular complexity index is 1020. The number of rotatable bonds is 5. The zero-order valence-corrected chi connectivity index (χ0v) is 15.3. The summed E-state index contributed by atoms with van der Waals surface area (Å²) in [6.07, 6.45) is 0. The highest BCUT2D eigenvalue weighted by Crippen LogP contribution is 2.24. The summed E-state index contributed by atoms with van der Waals surface area (Å²) in [5.74, 6) is 1.33. The average molecular weight is 363 g/mol. The Morgan fingerprint density at radius 1 is 1.08 bits per heavy atom. The van der Waals surface area contributed by atoms with Crippen LogP contribution in [0.2, 0.25) is 0 Å². The van der Waals surface area contributed by atoms with Crippen LogP contribution in [0.3, 0.4) is 0 Å². The Balaban J connectivity index is 1.52. The fourth-order valence-corrected chi connectivity index (χ4v) is 3.36. The van der Waals surface area contributed by atoms with Crippen molar-refractivity contribution in [1.82, 2.24) is 25.2 Å². The van der Waals surface area contributed by atoms with Crippen LogP contribution < -0.4 is 4.74 Å². The van der Waals surface area contributed by atoms with E-state index >= 15 is 0 Å². The van der Waals surface area contributed by atoms with Gasteiger partial charge in [-0.3, -0.25) is 0 Å². The van der Waals surface area contributed by atoms with E-state index in [0.29, 0.717) is 12.4 Å². The van der Waals surface area contributed by atoms with Crippen LogP contribution in [0, 0.1) is 6.92 Å². The molecule has 26 heavy (non-hydrogen) atoms. The number of tetrazole rings is 1. The first-order valence-electron chi connectivity index (χ1n) is 8.15. The molecule has 4 aromatic rings. The summed E-state index contributed by atoms with van der Waals surface area (Å²) in [7, 11) is 1.64. The zero-order valence-electron chi connectivity index (χ0n) is 14.5. The Labute approximate surface area is 155 Å². The highest BCUT2D eigenvalue weighted by atomic mass is 32.1. The van der Waals surface area contributed by atoms with E-state index in [0.717, 1.165) is 27.6 Å². The Morgan fingerprint density at radius 2 is 1.92 bits per heavy atom. The van der Waals surface area contributed by atoms with Crippen molar-refractivity contribution < 1.29 is 4.74 Å². The molecule has 2 aromatic heterocycles. The van der Waals surface area contributed by atoms with Crippen LogP contribution in [-0.2, 0) is 6.54 Å². The third-order valence-electron chi connectivity index (χ3n) is 3.93. The lowest BCUT2D eigenvalue weighted by molar-refractivity contribution is 0.415. The molecule has 0 N–H and O–H groups in total.